The Kier molecular flexibility index (Phi) is 4.79. The zero-order valence-electron chi connectivity index (χ0n) is 13.9. The first-order valence-electron chi connectivity index (χ1n) is 7.88. The molecule has 1 amide bonds. The number of pyridine rings is 1. The summed E-state index contributed by atoms with van der Waals surface area (Å²) < 4.78 is 10.6. The van der Waals surface area contributed by atoms with Crippen LogP contribution >= 0.6 is 0 Å². The molecule has 1 aromatic heterocycles. The number of ether oxygens (including phenoxy) is 2. The zero-order valence-corrected chi connectivity index (χ0v) is 13.9. The van der Waals surface area contributed by atoms with Crippen molar-refractivity contribution in [2.45, 2.75) is 12.8 Å². The minimum absolute atomic E-state index is 0.0613. The largest absolute Gasteiger partial charge is 0.497 e. The van der Waals surface area contributed by atoms with Gasteiger partial charge in [0.05, 0.1) is 25.6 Å². The smallest absolute Gasteiger partial charge is 0.251 e. The van der Waals surface area contributed by atoms with Crippen LogP contribution in [0.15, 0.2) is 42.6 Å². The van der Waals surface area contributed by atoms with Gasteiger partial charge in [0.15, 0.2) is 0 Å². The first-order chi connectivity index (χ1) is 11.7. The van der Waals surface area contributed by atoms with Crippen molar-refractivity contribution in [3.05, 3.63) is 53.9 Å². The van der Waals surface area contributed by atoms with E-state index in [1.165, 1.54) is 0 Å². The van der Waals surface area contributed by atoms with Gasteiger partial charge in [0.1, 0.15) is 11.5 Å². The second kappa shape index (κ2) is 7.17. The number of methoxy groups -OCH3 is 2. The molecule has 0 N–H and O–H groups in total. The number of nitrogens with zero attached hydrogens (tertiary/aromatic N) is 2. The monoisotopic (exact) mass is 324 g/mol. The Morgan fingerprint density at radius 3 is 2.92 bits per heavy atom. The summed E-state index contributed by atoms with van der Waals surface area (Å²) in [7, 11) is 3.21. The summed E-state index contributed by atoms with van der Waals surface area (Å²) in [4.78, 5) is 18.8. The van der Waals surface area contributed by atoms with E-state index in [9.17, 15) is 4.79 Å². The molecule has 24 heavy (non-hydrogen) atoms. The molecule has 1 aliphatic heterocycles. The number of aromatic nitrogens is 1. The van der Waals surface area contributed by atoms with Gasteiger partial charge in [-0.2, -0.15) is 0 Å². The van der Waals surface area contributed by atoms with Gasteiger partial charge in [0.25, 0.3) is 5.91 Å². The van der Waals surface area contributed by atoms with Crippen LogP contribution in [0.5, 0.6) is 11.5 Å². The summed E-state index contributed by atoms with van der Waals surface area (Å²) in [6, 6.07) is 9.29. The third-order valence-corrected chi connectivity index (χ3v) is 4.06. The molecule has 5 nitrogen and oxygen atoms in total. The fourth-order valence-electron chi connectivity index (χ4n) is 2.84. The van der Waals surface area contributed by atoms with Gasteiger partial charge in [-0.05, 0) is 49.2 Å². The molecule has 0 atom stereocenters. The van der Waals surface area contributed by atoms with Crippen LogP contribution in [0, 0.1) is 0 Å². The van der Waals surface area contributed by atoms with Gasteiger partial charge in [-0.15, -0.1) is 0 Å². The topological polar surface area (TPSA) is 51.7 Å². The Labute approximate surface area is 141 Å². The first kappa shape index (κ1) is 16.1. The average molecular weight is 324 g/mol. The van der Waals surface area contributed by atoms with Gasteiger partial charge in [0.2, 0.25) is 0 Å². The number of carbonyl (C=O) groups is 1. The minimum atomic E-state index is -0.0613. The number of aryl methyl sites for hydroxylation is 1. The molecule has 2 heterocycles. The van der Waals surface area contributed by atoms with Gasteiger partial charge in [0, 0.05) is 24.4 Å². The Morgan fingerprint density at radius 1 is 1.25 bits per heavy atom. The fourth-order valence-corrected chi connectivity index (χ4v) is 2.84. The van der Waals surface area contributed by atoms with Crippen molar-refractivity contribution in [3.63, 3.8) is 0 Å². The molecule has 0 bridgehead atoms. The molecule has 0 aliphatic carbocycles. The van der Waals surface area contributed by atoms with Gasteiger partial charge < -0.3 is 14.4 Å². The van der Waals surface area contributed by atoms with Gasteiger partial charge in [-0.3, -0.25) is 9.78 Å². The summed E-state index contributed by atoms with van der Waals surface area (Å²) in [5, 5.41) is 0. The summed E-state index contributed by atoms with van der Waals surface area (Å²) >= 11 is 0. The Hall–Kier alpha value is -2.82. The van der Waals surface area contributed by atoms with E-state index in [2.05, 4.69) is 4.98 Å². The number of fused-ring (bicyclic) bond motifs is 1. The number of carbonyl (C=O) groups excluding carboxylic acids is 1. The van der Waals surface area contributed by atoms with Crippen LogP contribution < -0.4 is 14.4 Å². The summed E-state index contributed by atoms with van der Waals surface area (Å²) in [5.74, 6) is 1.35. The maximum Gasteiger partial charge on any atom is 0.251 e. The maximum atomic E-state index is 12.6. The van der Waals surface area contributed by atoms with E-state index in [-0.39, 0.29) is 5.91 Å². The molecule has 1 aliphatic rings. The number of hydrogen-bond acceptors (Lipinski definition) is 4. The lowest BCUT2D eigenvalue weighted by atomic mass is 10.1. The molecule has 0 spiro atoms. The van der Waals surface area contributed by atoms with Crippen LogP contribution in [0.25, 0.3) is 6.08 Å². The lowest BCUT2D eigenvalue weighted by Gasteiger charge is -2.27. The van der Waals surface area contributed by atoms with Crippen LogP contribution in [0.1, 0.15) is 17.7 Å². The summed E-state index contributed by atoms with van der Waals surface area (Å²) in [6.45, 7) is 0.705. The van der Waals surface area contributed by atoms with Crippen LogP contribution in [-0.4, -0.2) is 31.7 Å². The Bertz CT molecular complexity index is 771. The van der Waals surface area contributed by atoms with Crippen molar-refractivity contribution in [1.29, 1.82) is 0 Å². The van der Waals surface area contributed by atoms with E-state index in [0.717, 1.165) is 35.5 Å². The predicted octanol–water partition coefficient (Wildman–Crippen LogP) is 3.09. The second-order valence-corrected chi connectivity index (χ2v) is 5.50. The fraction of sp³-hybridized carbons (Fsp3) is 0.263. The highest BCUT2D eigenvalue weighted by molar-refractivity contribution is 6.04. The highest BCUT2D eigenvalue weighted by Gasteiger charge is 2.21. The van der Waals surface area contributed by atoms with Gasteiger partial charge in [-0.1, -0.05) is 0 Å². The molecular formula is C19H20N2O3. The predicted molar refractivity (Wildman–Crippen MR) is 93.5 cm³/mol. The second-order valence-electron chi connectivity index (χ2n) is 5.50. The number of hydrogen-bond donors (Lipinski definition) is 0. The Morgan fingerprint density at radius 2 is 2.12 bits per heavy atom. The first-order valence-corrected chi connectivity index (χ1v) is 7.88. The molecule has 5 heteroatoms. The van der Waals surface area contributed by atoms with Crippen LogP contribution in [-0.2, 0) is 11.2 Å². The van der Waals surface area contributed by atoms with Crippen LogP contribution in [0.4, 0.5) is 5.69 Å². The van der Waals surface area contributed by atoms with E-state index in [0.29, 0.717) is 12.3 Å². The SMILES string of the molecule is COc1ccc(OC)c(/C=C/C(=O)N2CCCc3ncccc32)c1. The van der Waals surface area contributed by atoms with Crippen LogP contribution in [0.2, 0.25) is 0 Å². The molecule has 0 fully saturated rings. The van der Waals surface area contributed by atoms with Crippen molar-refractivity contribution in [2.75, 3.05) is 25.7 Å². The lowest BCUT2D eigenvalue weighted by molar-refractivity contribution is -0.114. The lowest BCUT2D eigenvalue weighted by Crippen LogP contribution is -2.34. The molecule has 1 aromatic carbocycles. The van der Waals surface area contributed by atoms with Crippen molar-refractivity contribution >= 4 is 17.7 Å². The molecule has 0 unspecified atom stereocenters. The van der Waals surface area contributed by atoms with E-state index in [1.807, 2.05) is 30.3 Å². The highest BCUT2D eigenvalue weighted by Crippen LogP contribution is 2.27. The number of amides is 1. The summed E-state index contributed by atoms with van der Waals surface area (Å²) in [5.41, 5.74) is 2.68. The zero-order chi connectivity index (χ0) is 16.9. The molecule has 0 radical (unpaired) electrons. The molecule has 2 aromatic rings. The van der Waals surface area contributed by atoms with Gasteiger partial charge >= 0.3 is 0 Å². The highest BCUT2D eigenvalue weighted by atomic mass is 16.5. The Balaban J connectivity index is 1.84. The van der Waals surface area contributed by atoms with E-state index >= 15 is 0 Å². The average Bonchev–Trinajstić information content (AvgIpc) is 2.65. The van der Waals surface area contributed by atoms with Gasteiger partial charge in [-0.25, -0.2) is 0 Å². The molecule has 3 rings (SSSR count). The normalized spacial score (nSPS) is 13.7. The molecule has 124 valence electrons. The third kappa shape index (κ3) is 3.25. The molecule has 0 saturated heterocycles. The van der Waals surface area contributed by atoms with Crippen molar-refractivity contribution < 1.29 is 14.3 Å². The van der Waals surface area contributed by atoms with Crippen LogP contribution in [0.3, 0.4) is 0 Å². The quantitative estimate of drug-likeness (QED) is 0.811. The third-order valence-electron chi connectivity index (χ3n) is 4.06. The maximum absolute atomic E-state index is 12.6. The molecular weight excluding hydrogens is 304 g/mol. The van der Waals surface area contributed by atoms with Crippen molar-refractivity contribution in [3.8, 4) is 11.5 Å². The summed E-state index contributed by atoms with van der Waals surface area (Å²) in [6.07, 6.45) is 6.93. The van der Waals surface area contributed by atoms with Crippen molar-refractivity contribution in [1.82, 2.24) is 4.98 Å². The molecule has 0 saturated carbocycles. The minimum Gasteiger partial charge on any atom is -0.497 e. The van der Waals surface area contributed by atoms with Crippen molar-refractivity contribution in [2.24, 2.45) is 0 Å². The van der Waals surface area contributed by atoms with E-state index in [1.54, 1.807) is 37.5 Å². The van der Waals surface area contributed by atoms with E-state index in [4.69, 9.17) is 9.47 Å². The number of benzene rings is 1. The number of rotatable bonds is 4. The number of anilines is 1. The standard InChI is InChI=1S/C19H20N2O3/c1-23-15-8-9-18(24-2)14(13-15)7-10-19(22)21-12-4-5-16-17(21)6-3-11-20-16/h3,6-11,13H,4-5,12H2,1-2H3/b10-7+. The van der Waals surface area contributed by atoms with E-state index < -0.39 is 0 Å².